The number of benzene rings is 2. The molecule has 0 saturated heterocycles. The second-order valence-corrected chi connectivity index (χ2v) is 8.06. The van der Waals surface area contributed by atoms with E-state index < -0.39 is 10.0 Å². The largest absolute Gasteiger partial charge is 0.322 e. The van der Waals surface area contributed by atoms with Crippen LogP contribution in [0.25, 0.3) is 11.3 Å². The zero-order valence-electron chi connectivity index (χ0n) is 15.7. The van der Waals surface area contributed by atoms with E-state index in [1.54, 1.807) is 26.1 Å². The predicted molar refractivity (Wildman–Crippen MR) is 109 cm³/mol. The third-order valence-corrected chi connectivity index (χ3v) is 6.46. The van der Waals surface area contributed by atoms with Gasteiger partial charge in [0.05, 0.1) is 10.6 Å². The molecule has 0 aliphatic rings. The maximum atomic E-state index is 12.5. The molecule has 2 N–H and O–H groups in total. The third-order valence-electron chi connectivity index (χ3n) is 4.39. The van der Waals surface area contributed by atoms with Crippen molar-refractivity contribution in [2.45, 2.75) is 18.7 Å². The fourth-order valence-corrected chi connectivity index (χ4v) is 4.33. The standard InChI is InChI=1S/C20H22N4O3S/c1-3-24(4-2)28(26,27)18-10-8-15(9-11-18)20(25)22-17-7-5-6-16(14-17)19-12-13-21-23-19/h5-14H,3-4H2,1-2H3,(H,21,23)(H,22,25). The van der Waals surface area contributed by atoms with Crippen LogP contribution < -0.4 is 5.32 Å². The summed E-state index contributed by atoms with van der Waals surface area (Å²) in [7, 11) is -3.54. The number of nitrogens with zero attached hydrogens (tertiary/aromatic N) is 2. The van der Waals surface area contributed by atoms with E-state index in [4.69, 9.17) is 0 Å². The Morgan fingerprint density at radius 1 is 1.07 bits per heavy atom. The van der Waals surface area contributed by atoms with Crippen LogP contribution in [-0.2, 0) is 10.0 Å². The lowest BCUT2D eigenvalue weighted by Crippen LogP contribution is -2.30. The number of sulfonamides is 1. The molecule has 0 aliphatic carbocycles. The van der Waals surface area contributed by atoms with Crippen molar-refractivity contribution < 1.29 is 13.2 Å². The molecule has 0 atom stereocenters. The Kier molecular flexibility index (Phi) is 5.91. The minimum Gasteiger partial charge on any atom is -0.322 e. The van der Waals surface area contributed by atoms with Gasteiger partial charge >= 0.3 is 0 Å². The van der Waals surface area contributed by atoms with Crippen LogP contribution in [0.2, 0.25) is 0 Å². The Bertz CT molecular complexity index is 1040. The highest BCUT2D eigenvalue weighted by atomic mass is 32.2. The number of rotatable bonds is 7. The summed E-state index contributed by atoms with van der Waals surface area (Å²) in [6.45, 7) is 4.38. The van der Waals surface area contributed by atoms with Gasteiger partial charge in [0.2, 0.25) is 10.0 Å². The van der Waals surface area contributed by atoms with Crippen molar-refractivity contribution in [3.05, 3.63) is 66.4 Å². The van der Waals surface area contributed by atoms with Gasteiger partial charge in [-0.25, -0.2) is 8.42 Å². The van der Waals surface area contributed by atoms with Crippen molar-refractivity contribution in [1.29, 1.82) is 0 Å². The molecule has 2 aromatic carbocycles. The lowest BCUT2D eigenvalue weighted by atomic mass is 10.1. The predicted octanol–water partition coefficient (Wildman–Crippen LogP) is 3.36. The van der Waals surface area contributed by atoms with Gasteiger partial charge in [-0.15, -0.1) is 0 Å². The highest BCUT2D eigenvalue weighted by Crippen LogP contribution is 2.21. The molecule has 28 heavy (non-hydrogen) atoms. The maximum Gasteiger partial charge on any atom is 0.255 e. The van der Waals surface area contributed by atoms with E-state index in [-0.39, 0.29) is 10.8 Å². The van der Waals surface area contributed by atoms with Gasteiger partial charge in [0.1, 0.15) is 0 Å². The Morgan fingerprint density at radius 2 is 1.79 bits per heavy atom. The van der Waals surface area contributed by atoms with Crippen molar-refractivity contribution in [2.24, 2.45) is 0 Å². The summed E-state index contributed by atoms with van der Waals surface area (Å²) in [4.78, 5) is 12.7. The molecule has 0 bridgehead atoms. The van der Waals surface area contributed by atoms with E-state index in [9.17, 15) is 13.2 Å². The maximum absolute atomic E-state index is 12.5. The van der Waals surface area contributed by atoms with Gasteiger partial charge in [0.15, 0.2) is 0 Å². The van der Waals surface area contributed by atoms with E-state index in [0.717, 1.165) is 11.3 Å². The van der Waals surface area contributed by atoms with Crippen molar-refractivity contribution in [2.75, 3.05) is 18.4 Å². The number of carbonyl (C=O) groups is 1. The highest BCUT2D eigenvalue weighted by molar-refractivity contribution is 7.89. The average Bonchev–Trinajstić information content (AvgIpc) is 3.24. The first-order valence-electron chi connectivity index (χ1n) is 8.97. The summed E-state index contributed by atoms with van der Waals surface area (Å²) in [6.07, 6.45) is 1.66. The first-order chi connectivity index (χ1) is 13.5. The summed E-state index contributed by atoms with van der Waals surface area (Å²) >= 11 is 0. The van der Waals surface area contributed by atoms with E-state index in [1.165, 1.54) is 28.6 Å². The molecule has 0 unspecified atom stereocenters. The van der Waals surface area contributed by atoms with Gasteiger partial charge in [0, 0.05) is 36.1 Å². The number of nitrogens with one attached hydrogen (secondary N) is 2. The Labute approximate surface area is 164 Å². The fraction of sp³-hybridized carbons (Fsp3) is 0.200. The van der Waals surface area contributed by atoms with Crippen molar-refractivity contribution in [3.8, 4) is 11.3 Å². The van der Waals surface area contributed by atoms with Crippen LogP contribution in [0.1, 0.15) is 24.2 Å². The molecule has 1 heterocycles. The summed E-state index contributed by atoms with van der Waals surface area (Å²) in [5.41, 5.74) is 2.76. The number of hydrogen-bond donors (Lipinski definition) is 2. The highest BCUT2D eigenvalue weighted by Gasteiger charge is 2.21. The first kappa shape index (κ1) is 19.8. The normalized spacial score (nSPS) is 11.5. The SMILES string of the molecule is CCN(CC)S(=O)(=O)c1ccc(C(=O)Nc2cccc(-c3ccn[nH]3)c2)cc1. The van der Waals surface area contributed by atoms with Crippen molar-refractivity contribution in [3.63, 3.8) is 0 Å². The molecule has 1 aromatic heterocycles. The summed E-state index contributed by atoms with van der Waals surface area (Å²) in [6, 6.07) is 15.2. The lowest BCUT2D eigenvalue weighted by Gasteiger charge is -2.18. The van der Waals surface area contributed by atoms with Crippen LogP contribution in [0, 0.1) is 0 Å². The van der Waals surface area contributed by atoms with Crippen LogP contribution in [0.5, 0.6) is 0 Å². The number of hydrogen-bond acceptors (Lipinski definition) is 4. The second-order valence-electron chi connectivity index (χ2n) is 6.12. The molecule has 0 spiro atoms. The van der Waals surface area contributed by atoms with E-state index in [1.807, 2.05) is 24.3 Å². The number of carbonyl (C=O) groups excluding carboxylic acids is 1. The number of H-pyrrole nitrogens is 1. The van der Waals surface area contributed by atoms with Crippen LogP contribution >= 0.6 is 0 Å². The van der Waals surface area contributed by atoms with E-state index in [0.29, 0.717) is 24.3 Å². The van der Waals surface area contributed by atoms with Gasteiger partial charge in [0.25, 0.3) is 5.91 Å². The summed E-state index contributed by atoms with van der Waals surface area (Å²) in [5, 5.41) is 9.64. The van der Waals surface area contributed by atoms with E-state index in [2.05, 4.69) is 15.5 Å². The Hall–Kier alpha value is -2.97. The zero-order chi connectivity index (χ0) is 20.1. The second kappa shape index (κ2) is 8.37. The van der Waals surface area contributed by atoms with Gasteiger partial charge in [-0.3, -0.25) is 9.89 Å². The third kappa shape index (κ3) is 4.13. The van der Waals surface area contributed by atoms with E-state index >= 15 is 0 Å². The number of anilines is 1. The molecule has 0 saturated carbocycles. The lowest BCUT2D eigenvalue weighted by molar-refractivity contribution is 0.102. The molecule has 0 radical (unpaired) electrons. The molecule has 3 rings (SSSR count). The Morgan fingerprint density at radius 3 is 2.39 bits per heavy atom. The molecular formula is C20H22N4O3S. The number of aromatic nitrogens is 2. The monoisotopic (exact) mass is 398 g/mol. The summed E-state index contributed by atoms with van der Waals surface area (Å²) < 4.78 is 26.4. The quantitative estimate of drug-likeness (QED) is 0.638. The first-order valence-corrected chi connectivity index (χ1v) is 10.4. The Balaban J connectivity index is 1.76. The van der Waals surface area contributed by atoms with Gasteiger partial charge in [-0.2, -0.15) is 9.40 Å². The molecule has 8 heteroatoms. The molecule has 0 fully saturated rings. The van der Waals surface area contributed by atoms with Crippen molar-refractivity contribution in [1.82, 2.24) is 14.5 Å². The topological polar surface area (TPSA) is 95.2 Å². The van der Waals surface area contributed by atoms with Gasteiger partial charge < -0.3 is 5.32 Å². The van der Waals surface area contributed by atoms with Gasteiger partial charge in [-0.1, -0.05) is 26.0 Å². The number of amides is 1. The average molecular weight is 398 g/mol. The smallest absolute Gasteiger partial charge is 0.255 e. The van der Waals surface area contributed by atoms with Crippen molar-refractivity contribution >= 4 is 21.6 Å². The van der Waals surface area contributed by atoms with Crippen LogP contribution in [-0.4, -0.2) is 41.9 Å². The minimum atomic E-state index is -3.54. The molecule has 146 valence electrons. The minimum absolute atomic E-state index is 0.175. The zero-order valence-corrected chi connectivity index (χ0v) is 16.5. The number of aromatic amines is 1. The molecule has 7 nitrogen and oxygen atoms in total. The molecule has 1 amide bonds. The van der Waals surface area contributed by atoms with Crippen LogP contribution in [0.4, 0.5) is 5.69 Å². The van der Waals surface area contributed by atoms with Crippen LogP contribution in [0.3, 0.4) is 0 Å². The fourth-order valence-electron chi connectivity index (χ4n) is 2.88. The molecule has 3 aromatic rings. The van der Waals surface area contributed by atoms with Gasteiger partial charge in [-0.05, 0) is 42.5 Å². The van der Waals surface area contributed by atoms with Crippen LogP contribution in [0.15, 0.2) is 65.7 Å². The molecular weight excluding hydrogens is 376 g/mol. The molecule has 0 aliphatic heterocycles. The summed E-state index contributed by atoms with van der Waals surface area (Å²) in [5.74, 6) is -0.312.